The second kappa shape index (κ2) is 9.16. The van der Waals surface area contributed by atoms with Crippen LogP contribution in [0.3, 0.4) is 0 Å². The lowest BCUT2D eigenvalue weighted by Gasteiger charge is -2.24. The molecule has 0 aromatic heterocycles. The zero-order valence-corrected chi connectivity index (χ0v) is 15.7. The van der Waals surface area contributed by atoms with Crippen molar-refractivity contribution >= 4 is 17.3 Å². The van der Waals surface area contributed by atoms with Crippen LogP contribution in [-0.4, -0.2) is 23.8 Å². The molecule has 0 heterocycles. The Morgan fingerprint density at radius 3 is 2.60 bits per heavy atom. The second-order valence-corrected chi connectivity index (χ2v) is 6.40. The lowest BCUT2D eigenvalue weighted by atomic mass is 9.87. The zero-order chi connectivity index (χ0) is 18.2. The van der Waals surface area contributed by atoms with Crippen LogP contribution in [0.15, 0.2) is 53.2 Å². The Morgan fingerprint density at radius 1 is 1.32 bits per heavy atom. The molecule has 25 heavy (non-hydrogen) atoms. The molecule has 0 spiro atoms. The fourth-order valence-electron chi connectivity index (χ4n) is 2.78. The van der Waals surface area contributed by atoms with Crippen molar-refractivity contribution in [3.63, 3.8) is 0 Å². The molecular formula is C22H23ClN2. The van der Waals surface area contributed by atoms with Gasteiger partial charge in [-0.3, -0.25) is 5.01 Å². The number of allylic oxidation sites excluding steroid dienone is 4. The van der Waals surface area contributed by atoms with E-state index in [-0.39, 0.29) is 12.0 Å². The fourth-order valence-corrected chi connectivity index (χ4v) is 2.91. The maximum atomic E-state index is 6.05. The molecule has 1 aromatic carbocycles. The largest absolute Gasteiger partial charge is 0.273 e. The molecule has 0 amide bonds. The standard InChI is InChI=1S/C22H23ClN2/c1-5-10-21(6-2)25(4)24-22(19-13-15-20(23)16-14-19)17(3)18-11-8-7-9-12-18/h2,7-8,11,13-17,21H,9,12H2,1,3-4H3/b24-22+. The Bertz CT molecular complexity index is 782. The molecule has 0 saturated carbocycles. The summed E-state index contributed by atoms with van der Waals surface area (Å²) >= 11 is 6.05. The van der Waals surface area contributed by atoms with Gasteiger partial charge in [-0.2, -0.15) is 5.10 Å². The molecule has 2 rings (SSSR count). The molecule has 0 N–H and O–H groups in total. The first-order chi connectivity index (χ1) is 12.1. The summed E-state index contributed by atoms with van der Waals surface area (Å²) < 4.78 is 0. The molecule has 1 aliphatic carbocycles. The molecule has 1 aromatic rings. The third-order valence-electron chi connectivity index (χ3n) is 4.23. The Balaban J connectivity index is 2.44. The summed E-state index contributed by atoms with van der Waals surface area (Å²) in [6, 6.07) is 7.43. The van der Waals surface area contributed by atoms with Crippen molar-refractivity contribution < 1.29 is 0 Å². The van der Waals surface area contributed by atoms with Gasteiger partial charge in [-0.1, -0.05) is 66.3 Å². The van der Waals surface area contributed by atoms with E-state index in [1.807, 2.05) is 31.3 Å². The van der Waals surface area contributed by atoms with Crippen molar-refractivity contribution in [2.75, 3.05) is 7.05 Å². The molecule has 0 aliphatic heterocycles. The highest BCUT2D eigenvalue weighted by Crippen LogP contribution is 2.25. The van der Waals surface area contributed by atoms with Gasteiger partial charge in [0.25, 0.3) is 0 Å². The molecular weight excluding hydrogens is 328 g/mol. The lowest BCUT2D eigenvalue weighted by Crippen LogP contribution is -2.28. The Hall–Kier alpha value is -2.42. The fraction of sp³-hybridized carbons (Fsp3) is 0.318. The first kappa shape index (κ1) is 18.9. The number of benzene rings is 1. The van der Waals surface area contributed by atoms with E-state index in [1.165, 1.54) is 5.57 Å². The molecule has 128 valence electrons. The first-order valence-electron chi connectivity index (χ1n) is 8.38. The SMILES string of the molecule is C#CC(C#CC)N(C)/N=C(/c1ccc(Cl)cc1)C(C)C1=CC=CCC1. The van der Waals surface area contributed by atoms with Crippen LogP contribution in [0.5, 0.6) is 0 Å². The summed E-state index contributed by atoms with van der Waals surface area (Å²) in [7, 11) is 1.87. The van der Waals surface area contributed by atoms with E-state index in [0.717, 1.165) is 24.1 Å². The van der Waals surface area contributed by atoms with E-state index < -0.39 is 0 Å². The van der Waals surface area contributed by atoms with Gasteiger partial charge in [-0.05, 0) is 37.5 Å². The number of nitrogens with zero attached hydrogens (tertiary/aromatic N) is 2. The van der Waals surface area contributed by atoms with Gasteiger partial charge in [0.1, 0.15) is 0 Å². The van der Waals surface area contributed by atoms with Crippen molar-refractivity contribution in [1.82, 2.24) is 5.01 Å². The third-order valence-corrected chi connectivity index (χ3v) is 4.48. The summed E-state index contributed by atoms with van der Waals surface area (Å²) in [5.41, 5.74) is 3.38. The number of halogens is 1. The molecule has 3 heteroatoms. The first-order valence-corrected chi connectivity index (χ1v) is 8.76. The average molecular weight is 351 g/mol. The van der Waals surface area contributed by atoms with Gasteiger partial charge in [0, 0.05) is 18.0 Å². The molecule has 0 saturated heterocycles. The second-order valence-electron chi connectivity index (χ2n) is 5.96. The zero-order valence-electron chi connectivity index (χ0n) is 15.0. The van der Waals surface area contributed by atoms with Gasteiger partial charge >= 0.3 is 0 Å². The van der Waals surface area contributed by atoms with E-state index in [4.69, 9.17) is 23.1 Å². The van der Waals surface area contributed by atoms with Crippen LogP contribution in [0.25, 0.3) is 0 Å². The summed E-state index contributed by atoms with van der Waals surface area (Å²) in [6.45, 7) is 3.96. The minimum absolute atomic E-state index is 0.182. The van der Waals surface area contributed by atoms with E-state index >= 15 is 0 Å². The smallest absolute Gasteiger partial charge is 0.167 e. The quantitative estimate of drug-likeness (QED) is 0.418. The lowest BCUT2D eigenvalue weighted by molar-refractivity contribution is 0.351. The Morgan fingerprint density at radius 2 is 2.04 bits per heavy atom. The molecule has 1 aliphatic rings. The van der Waals surface area contributed by atoms with Crippen LogP contribution in [0.4, 0.5) is 0 Å². The summed E-state index contributed by atoms with van der Waals surface area (Å²) in [6.07, 6.45) is 14.2. The molecule has 2 atom stereocenters. The van der Waals surface area contributed by atoms with E-state index in [2.05, 4.69) is 42.9 Å². The van der Waals surface area contributed by atoms with E-state index in [1.54, 1.807) is 11.9 Å². The maximum Gasteiger partial charge on any atom is 0.167 e. The molecule has 2 unspecified atom stereocenters. The number of hydrazone groups is 1. The van der Waals surface area contributed by atoms with Crippen LogP contribution in [0.2, 0.25) is 5.02 Å². The Kier molecular flexibility index (Phi) is 6.93. The van der Waals surface area contributed by atoms with Gasteiger partial charge in [0.05, 0.1) is 5.71 Å². The topological polar surface area (TPSA) is 15.6 Å². The highest BCUT2D eigenvalue weighted by atomic mass is 35.5. The number of hydrogen-bond acceptors (Lipinski definition) is 2. The third kappa shape index (κ3) is 5.02. The summed E-state index contributed by atoms with van der Waals surface area (Å²) in [5.74, 6) is 8.74. The van der Waals surface area contributed by atoms with Crippen LogP contribution >= 0.6 is 11.6 Å². The van der Waals surface area contributed by atoms with Crippen LogP contribution in [0.1, 0.15) is 32.3 Å². The molecule has 0 fully saturated rings. The van der Waals surface area contributed by atoms with Gasteiger partial charge in [0.15, 0.2) is 6.04 Å². The molecule has 2 nitrogen and oxygen atoms in total. The maximum absolute atomic E-state index is 6.05. The van der Waals surface area contributed by atoms with Gasteiger partial charge < -0.3 is 0 Å². The van der Waals surface area contributed by atoms with E-state index in [9.17, 15) is 0 Å². The summed E-state index contributed by atoms with van der Waals surface area (Å²) in [5, 5.41) is 7.31. The van der Waals surface area contributed by atoms with E-state index in [0.29, 0.717) is 5.02 Å². The van der Waals surface area contributed by atoms with Crippen LogP contribution in [0, 0.1) is 30.1 Å². The van der Waals surface area contributed by atoms with Crippen molar-refractivity contribution in [2.24, 2.45) is 11.0 Å². The number of terminal acetylenes is 1. The van der Waals surface area contributed by atoms with Crippen molar-refractivity contribution in [3.8, 4) is 24.2 Å². The highest BCUT2D eigenvalue weighted by molar-refractivity contribution is 6.30. The van der Waals surface area contributed by atoms with Crippen molar-refractivity contribution in [3.05, 3.63) is 58.7 Å². The number of hydrogen-bond donors (Lipinski definition) is 0. The van der Waals surface area contributed by atoms with Gasteiger partial charge in [-0.15, -0.1) is 12.3 Å². The Labute approximate surface area is 156 Å². The predicted octanol–water partition coefficient (Wildman–Crippen LogP) is 4.91. The van der Waals surface area contributed by atoms with Crippen LogP contribution < -0.4 is 0 Å². The van der Waals surface area contributed by atoms with Crippen LogP contribution in [-0.2, 0) is 0 Å². The minimum Gasteiger partial charge on any atom is -0.273 e. The van der Waals surface area contributed by atoms with Gasteiger partial charge in [-0.25, -0.2) is 0 Å². The minimum atomic E-state index is -0.347. The van der Waals surface area contributed by atoms with Crippen molar-refractivity contribution in [1.29, 1.82) is 0 Å². The average Bonchev–Trinajstić information content (AvgIpc) is 2.65. The monoisotopic (exact) mass is 350 g/mol. The summed E-state index contributed by atoms with van der Waals surface area (Å²) in [4.78, 5) is 0. The predicted molar refractivity (Wildman–Crippen MR) is 107 cm³/mol. The molecule has 0 radical (unpaired) electrons. The van der Waals surface area contributed by atoms with Crippen molar-refractivity contribution in [2.45, 2.75) is 32.7 Å². The molecule has 0 bridgehead atoms. The highest BCUT2D eigenvalue weighted by Gasteiger charge is 2.20. The normalized spacial score (nSPS) is 16.1. The van der Waals surface area contributed by atoms with Gasteiger partial charge in [0.2, 0.25) is 0 Å². The number of rotatable bonds is 5.